The number of hydrogen-bond acceptors (Lipinski definition) is 4. The first kappa shape index (κ1) is 17.4. The molecule has 0 saturated carbocycles. The van der Waals surface area contributed by atoms with Gasteiger partial charge in [0.1, 0.15) is 0 Å². The number of benzene rings is 1. The van der Waals surface area contributed by atoms with Crippen molar-refractivity contribution in [2.24, 2.45) is 0 Å². The van der Waals surface area contributed by atoms with Gasteiger partial charge in [-0.25, -0.2) is 0 Å². The Morgan fingerprint density at radius 2 is 2.08 bits per heavy atom. The molecule has 0 N–H and O–H groups in total. The molecule has 3 rings (SSSR count). The van der Waals surface area contributed by atoms with Crippen LogP contribution >= 0.6 is 0 Å². The molecule has 1 aromatic carbocycles. The SMILES string of the molecule is CCC1CN(CC(=O)N2CCc3ccccc32)CCN1CCOC. The summed E-state index contributed by atoms with van der Waals surface area (Å²) < 4.78 is 5.21. The van der Waals surface area contributed by atoms with Gasteiger partial charge in [-0.2, -0.15) is 0 Å². The number of fused-ring (bicyclic) bond motifs is 1. The zero-order chi connectivity index (χ0) is 16.9. The molecule has 0 spiro atoms. The molecule has 1 fully saturated rings. The number of methoxy groups -OCH3 is 1. The van der Waals surface area contributed by atoms with Gasteiger partial charge in [-0.15, -0.1) is 0 Å². The monoisotopic (exact) mass is 331 g/mol. The summed E-state index contributed by atoms with van der Waals surface area (Å²) in [5.74, 6) is 0.236. The number of piperazine rings is 1. The summed E-state index contributed by atoms with van der Waals surface area (Å²) >= 11 is 0. The van der Waals surface area contributed by atoms with Crippen molar-refractivity contribution < 1.29 is 9.53 Å². The van der Waals surface area contributed by atoms with Gasteiger partial charge in [-0.1, -0.05) is 25.1 Å². The summed E-state index contributed by atoms with van der Waals surface area (Å²) in [5.41, 5.74) is 2.40. The van der Waals surface area contributed by atoms with Crippen LogP contribution in [0.2, 0.25) is 0 Å². The highest BCUT2D eigenvalue weighted by atomic mass is 16.5. The molecule has 1 aromatic rings. The number of carbonyl (C=O) groups excluding carboxylic acids is 1. The van der Waals surface area contributed by atoms with Crippen molar-refractivity contribution in [3.05, 3.63) is 29.8 Å². The van der Waals surface area contributed by atoms with E-state index in [9.17, 15) is 4.79 Å². The van der Waals surface area contributed by atoms with Gasteiger partial charge in [0.25, 0.3) is 0 Å². The number of amides is 1. The van der Waals surface area contributed by atoms with Crippen molar-refractivity contribution in [2.45, 2.75) is 25.8 Å². The summed E-state index contributed by atoms with van der Waals surface area (Å²) in [5, 5.41) is 0. The van der Waals surface area contributed by atoms with Crippen LogP contribution in [0.1, 0.15) is 18.9 Å². The second kappa shape index (κ2) is 8.10. The summed E-state index contributed by atoms with van der Waals surface area (Å²) in [6.07, 6.45) is 2.09. The van der Waals surface area contributed by atoms with Gasteiger partial charge in [-0.05, 0) is 24.5 Å². The van der Waals surface area contributed by atoms with E-state index in [1.165, 1.54) is 5.56 Å². The number of hydrogen-bond donors (Lipinski definition) is 0. The van der Waals surface area contributed by atoms with Crippen molar-refractivity contribution in [3.8, 4) is 0 Å². The molecular weight excluding hydrogens is 302 g/mol. The molecule has 5 heteroatoms. The Hall–Kier alpha value is -1.43. The molecule has 1 saturated heterocycles. The first-order chi connectivity index (χ1) is 11.7. The van der Waals surface area contributed by atoms with Gasteiger partial charge < -0.3 is 9.64 Å². The van der Waals surface area contributed by atoms with Crippen LogP contribution in [0.5, 0.6) is 0 Å². The second-order valence-corrected chi connectivity index (χ2v) is 6.75. The predicted octanol–water partition coefficient (Wildman–Crippen LogP) is 1.62. The van der Waals surface area contributed by atoms with Crippen molar-refractivity contribution in [2.75, 3.05) is 57.9 Å². The topological polar surface area (TPSA) is 36.0 Å². The molecule has 1 unspecified atom stereocenters. The van der Waals surface area contributed by atoms with E-state index in [1.807, 2.05) is 11.0 Å². The highest BCUT2D eigenvalue weighted by Gasteiger charge is 2.29. The van der Waals surface area contributed by atoms with Crippen molar-refractivity contribution >= 4 is 11.6 Å². The van der Waals surface area contributed by atoms with Crippen molar-refractivity contribution in [1.29, 1.82) is 0 Å². The normalized spacial score (nSPS) is 21.9. The minimum absolute atomic E-state index is 0.236. The van der Waals surface area contributed by atoms with Crippen LogP contribution in [0.25, 0.3) is 0 Å². The van der Waals surface area contributed by atoms with Crippen LogP contribution in [0, 0.1) is 0 Å². The number of nitrogens with zero attached hydrogens (tertiary/aromatic N) is 3. The fraction of sp³-hybridized carbons (Fsp3) is 0.632. The minimum Gasteiger partial charge on any atom is -0.383 e. The molecule has 24 heavy (non-hydrogen) atoms. The fourth-order valence-electron chi connectivity index (χ4n) is 3.87. The standard InChI is InChI=1S/C19H29N3O2/c1-3-17-14-20(10-11-21(17)12-13-24-2)15-19(23)22-9-8-16-6-4-5-7-18(16)22/h4-7,17H,3,8-15H2,1-2H3. The minimum atomic E-state index is 0.236. The van der Waals surface area contributed by atoms with E-state index in [0.717, 1.165) is 57.9 Å². The molecule has 2 aliphatic rings. The molecule has 0 radical (unpaired) electrons. The zero-order valence-electron chi connectivity index (χ0n) is 14.9. The van der Waals surface area contributed by atoms with E-state index in [4.69, 9.17) is 4.74 Å². The quantitative estimate of drug-likeness (QED) is 0.794. The predicted molar refractivity (Wildman–Crippen MR) is 96.5 cm³/mol. The van der Waals surface area contributed by atoms with Gasteiger partial charge in [0.15, 0.2) is 0 Å². The van der Waals surface area contributed by atoms with Gasteiger partial charge in [0.2, 0.25) is 5.91 Å². The fourth-order valence-corrected chi connectivity index (χ4v) is 3.87. The van der Waals surface area contributed by atoms with Gasteiger partial charge >= 0.3 is 0 Å². The number of carbonyl (C=O) groups is 1. The molecule has 1 atom stereocenters. The maximum atomic E-state index is 12.8. The lowest BCUT2D eigenvalue weighted by Gasteiger charge is -2.41. The maximum Gasteiger partial charge on any atom is 0.241 e. The average molecular weight is 331 g/mol. The third kappa shape index (κ3) is 3.79. The first-order valence-corrected chi connectivity index (χ1v) is 9.06. The van der Waals surface area contributed by atoms with Crippen molar-refractivity contribution in [1.82, 2.24) is 9.80 Å². The molecule has 132 valence electrons. The maximum absolute atomic E-state index is 12.8. The Bertz CT molecular complexity index is 563. The van der Waals surface area contributed by atoms with Gasteiger partial charge in [0, 0.05) is 51.6 Å². The number of anilines is 1. The molecule has 1 amide bonds. The van der Waals surface area contributed by atoms with E-state index in [1.54, 1.807) is 7.11 Å². The van der Waals surface area contributed by atoms with Crippen LogP contribution in [0.15, 0.2) is 24.3 Å². The Balaban J connectivity index is 1.56. The van der Waals surface area contributed by atoms with E-state index in [0.29, 0.717) is 12.6 Å². The van der Waals surface area contributed by atoms with E-state index >= 15 is 0 Å². The molecule has 2 aliphatic heterocycles. The summed E-state index contributed by atoms with van der Waals surface area (Å²) in [6.45, 7) is 8.30. The van der Waals surface area contributed by atoms with Gasteiger partial charge in [0.05, 0.1) is 13.2 Å². The molecule has 0 aliphatic carbocycles. The lowest BCUT2D eigenvalue weighted by molar-refractivity contribution is -0.120. The van der Waals surface area contributed by atoms with Crippen LogP contribution in [-0.4, -0.2) is 74.7 Å². The third-order valence-electron chi connectivity index (χ3n) is 5.29. The molecule has 5 nitrogen and oxygen atoms in total. The molecular formula is C19H29N3O2. The largest absolute Gasteiger partial charge is 0.383 e. The Labute approximate surface area is 145 Å². The number of ether oxygens (including phenoxy) is 1. The molecule has 2 heterocycles. The van der Waals surface area contributed by atoms with Crippen molar-refractivity contribution in [3.63, 3.8) is 0 Å². The Kier molecular flexibility index (Phi) is 5.87. The lowest BCUT2D eigenvalue weighted by atomic mass is 10.1. The third-order valence-corrected chi connectivity index (χ3v) is 5.29. The number of para-hydroxylation sites is 1. The highest BCUT2D eigenvalue weighted by Crippen LogP contribution is 2.27. The Morgan fingerprint density at radius 3 is 2.88 bits per heavy atom. The second-order valence-electron chi connectivity index (χ2n) is 6.75. The van der Waals surface area contributed by atoms with E-state index in [2.05, 4.69) is 34.9 Å². The Morgan fingerprint density at radius 1 is 1.25 bits per heavy atom. The molecule has 0 aromatic heterocycles. The van der Waals surface area contributed by atoms with Crippen LogP contribution in [0.4, 0.5) is 5.69 Å². The number of rotatable bonds is 6. The zero-order valence-corrected chi connectivity index (χ0v) is 14.9. The van der Waals surface area contributed by atoms with Crippen LogP contribution in [-0.2, 0) is 16.0 Å². The summed E-state index contributed by atoms with van der Waals surface area (Å²) in [6, 6.07) is 8.79. The summed E-state index contributed by atoms with van der Waals surface area (Å²) in [7, 11) is 1.75. The van der Waals surface area contributed by atoms with Gasteiger partial charge in [-0.3, -0.25) is 14.6 Å². The average Bonchev–Trinajstić information content (AvgIpc) is 3.04. The lowest BCUT2D eigenvalue weighted by Crippen LogP contribution is -2.55. The highest BCUT2D eigenvalue weighted by molar-refractivity contribution is 5.96. The van der Waals surface area contributed by atoms with E-state index < -0.39 is 0 Å². The van der Waals surface area contributed by atoms with E-state index in [-0.39, 0.29) is 5.91 Å². The smallest absolute Gasteiger partial charge is 0.241 e. The van der Waals surface area contributed by atoms with Crippen LogP contribution < -0.4 is 4.90 Å². The first-order valence-electron chi connectivity index (χ1n) is 9.06. The molecule has 0 bridgehead atoms. The van der Waals surface area contributed by atoms with Crippen LogP contribution in [0.3, 0.4) is 0 Å². The summed E-state index contributed by atoms with van der Waals surface area (Å²) in [4.78, 5) is 19.6.